The smallest absolute Gasteiger partial charge is 0.452 e. The van der Waals surface area contributed by atoms with Crippen molar-refractivity contribution >= 4 is 24.4 Å². The number of ether oxygens (including phenoxy) is 1. The Morgan fingerprint density at radius 1 is 1.10 bits per heavy atom. The number of hydrogen-bond donors (Lipinski definition) is 0. The molecule has 0 saturated carbocycles. The molecule has 0 aromatic heterocycles. The van der Waals surface area contributed by atoms with Crippen LogP contribution < -0.4 is 10.4 Å². The van der Waals surface area contributed by atoms with Crippen molar-refractivity contribution in [2.24, 2.45) is 0 Å². The van der Waals surface area contributed by atoms with E-state index in [0.29, 0.717) is 0 Å². The summed E-state index contributed by atoms with van der Waals surface area (Å²) in [5, 5.41) is 0. The van der Waals surface area contributed by atoms with E-state index in [0.717, 1.165) is 11.2 Å². The van der Waals surface area contributed by atoms with E-state index < -0.39 is 13.2 Å². The predicted octanol–water partition coefficient (Wildman–Crippen LogP) is 2.19. The highest BCUT2D eigenvalue weighted by Gasteiger charge is 2.51. The van der Waals surface area contributed by atoms with Gasteiger partial charge in [-0.2, -0.15) is 0 Å². The molecule has 1 heterocycles. The molecule has 0 atom stereocenters. The van der Waals surface area contributed by atoms with Crippen molar-refractivity contribution in [3.8, 4) is 0 Å². The molecule has 5 nitrogen and oxygen atoms in total. The lowest BCUT2D eigenvalue weighted by molar-refractivity contribution is 0.00578. The zero-order valence-corrected chi connectivity index (χ0v) is 13.5. The van der Waals surface area contributed by atoms with Gasteiger partial charge in [0.2, 0.25) is 0 Å². The number of amides is 1. The minimum Gasteiger partial charge on any atom is -0.452 e. The van der Waals surface area contributed by atoms with E-state index in [4.69, 9.17) is 9.31 Å². The first-order valence-corrected chi connectivity index (χ1v) is 6.95. The molecule has 0 bridgehead atoms. The van der Waals surface area contributed by atoms with Crippen LogP contribution in [-0.2, 0) is 14.0 Å². The molecule has 0 radical (unpaired) electrons. The van der Waals surface area contributed by atoms with Crippen LogP contribution in [0.5, 0.6) is 0 Å². The van der Waals surface area contributed by atoms with E-state index in [2.05, 4.69) is 4.74 Å². The standard InChI is InChI=1S/C15H22BNO4/c1-14(2)15(3,4)21-16(20-14)11-7-9-12(10-8-11)17(5)13(18)19-6/h7-10H,1-6H3. The molecular formula is C15H22BNO4. The summed E-state index contributed by atoms with van der Waals surface area (Å²) < 4.78 is 16.7. The van der Waals surface area contributed by atoms with E-state index in [1.165, 1.54) is 12.0 Å². The van der Waals surface area contributed by atoms with Gasteiger partial charge in [-0.3, -0.25) is 4.90 Å². The highest BCUT2D eigenvalue weighted by atomic mass is 16.7. The Morgan fingerprint density at radius 2 is 1.57 bits per heavy atom. The Balaban J connectivity index is 2.16. The molecule has 114 valence electrons. The van der Waals surface area contributed by atoms with Crippen molar-refractivity contribution in [3.05, 3.63) is 24.3 Å². The highest BCUT2D eigenvalue weighted by molar-refractivity contribution is 6.62. The molecule has 0 aliphatic carbocycles. The third-order valence-corrected chi connectivity index (χ3v) is 4.25. The number of anilines is 1. The van der Waals surface area contributed by atoms with Crippen molar-refractivity contribution in [3.63, 3.8) is 0 Å². The minimum atomic E-state index is -0.404. The number of rotatable bonds is 2. The molecule has 0 N–H and O–H groups in total. The van der Waals surface area contributed by atoms with Gasteiger partial charge in [-0.05, 0) is 45.3 Å². The molecule has 0 spiro atoms. The van der Waals surface area contributed by atoms with Crippen LogP contribution in [0, 0.1) is 0 Å². The number of benzene rings is 1. The third-order valence-electron chi connectivity index (χ3n) is 4.25. The number of carbonyl (C=O) groups is 1. The summed E-state index contributed by atoms with van der Waals surface area (Å²) >= 11 is 0. The van der Waals surface area contributed by atoms with Gasteiger partial charge in [-0.25, -0.2) is 4.79 Å². The van der Waals surface area contributed by atoms with E-state index in [1.54, 1.807) is 7.05 Å². The summed E-state index contributed by atoms with van der Waals surface area (Å²) in [7, 11) is 2.63. The van der Waals surface area contributed by atoms with E-state index in [9.17, 15) is 4.79 Å². The van der Waals surface area contributed by atoms with Gasteiger partial charge in [-0.15, -0.1) is 0 Å². The van der Waals surface area contributed by atoms with Gasteiger partial charge < -0.3 is 14.0 Å². The summed E-state index contributed by atoms with van der Waals surface area (Å²) in [6, 6.07) is 7.49. The molecule has 0 unspecified atom stereocenters. The fourth-order valence-corrected chi connectivity index (χ4v) is 2.08. The Kier molecular flexibility index (Phi) is 4.04. The Morgan fingerprint density at radius 3 is 2.00 bits per heavy atom. The fraction of sp³-hybridized carbons (Fsp3) is 0.533. The molecule has 1 aromatic rings. The van der Waals surface area contributed by atoms with Crippen LogP contribution in [0.1, 0.15) is 27.7 Å². The fourth-order valence-electron chi connectivity index (χ4n) is 2.08. The molecule has 1 fully saturated rings. The maximum atomic E-state index is 11.5. The second-order valence-corrected chi connectivity index (χ2v) is 6.21. The van der Waals surface area contributed by atoms with Crippen LogP contribution in [-0.4, -0.2) is 38.6 Å². The average molecular weight is 291 g/mol. The first-order valence-electron chi connectivity index (χ1n) is 6.95. The monoisotopic (exact) mass is 291 g/mol. The van der Waals surface area contributed by atoms with E-state index in [-0.39, 0.29) is 11.2 Å². The van der Waals surface area contributed by atoms with Gasteiger partial charge in [0.05, 0.1) is 18.3 Å². The summed E-state index contributed by atoms with van der Waals surface area (Å²) in [4.78, 5) is 12.9. The first-order chi connectivity index (χ1) is 9.68. The second kappa shape index (κ2) is 5.35. The molecule has 1 aliphatic rings. The molecular weight excluding hydrogens is 269 g/mol. The Hall–Kier alpha value is -1.53. The normalized spacial score (nSPS) is 19.4. The quantitative estimate of drug-likeness (QED) is 0.784. The highest BCUT2D eigenvalue weighted by Crippen LogP contribution is 2.36. The van der Waals surface area contributed by atoms with Crippen molar-refractivity contribution in [2.75, 3.05) is 19.1 Å². The van der Waals surface area contributed by atoms with E-state index >= 15 is 0 Å². The zero-order valence-electron chi connectivity index (χ0n) is 13.5. The van der Waals surface area contributed by atoms with Crippen LogP contribution in [0.15, 0.2) is 24.3 Å². The molecule has 1 aliphatic heterocycles. The van der Waals surface area contributed by atoms with Crippen LogP contribution in [0.25, 0.3) is 0 Å². The van der Waals surface area contributed by atoms with Crippen LogP contribution in [0.2, 0.25) is 0 Å². The van der Waals surface area contributed by atoms with Gasteiger partial charge >= 0.3 is 13.2 Å². The van der Waals surface area contributed by atoms with Gasteiger partial charge in [0.1, 0.15) is 0 Å². The lowest BCUT2D eigenvalue weighted by atomic mass is 9.79. The zero-order chi connectivity index (χ0) is 15.8. The van der Waals surface area contributed by atoms with Crippen molar-refractivity contribution in [1.29, 1.82) is 0 Å². The summed E-state index contributed by atoms with van der Waals surface area (Å²) in [5.74, 6) is 0. The van der Waals surface area contributed by atoms with Gasteiger partial charge in [-0.1, -0.05) is 12.1 Å². The molecule has 1 aromatic carbocycles. The van der Waals surface area contributed by atoms with Crippen LogP contribution in [0.4, 0.5) is 10.5 Å². The van der Waals surface area contributed by atoms with Crippen molar-refractivity contribution in [1.82, 2.24) is 0 Å². The van der Waals surface area contributed by atoms with Crippen LogP contribution in [0.3, 0.4) is 0 Å². The molecule has 1 amide bonds. The summed E-state index contributed by atoms with van der Waals surface area (Å²) in [5.41, 5.74) is 0.955. The summed E-state index contributed by atoms with van der Waals surface area (Å²) in [6.45, 7) is 8.08. The average Bonchev–Trinajstić information content (AvgIpc) is 2.66. The maximum absolute atomic E-state index is 11.5. The minimum absolute atomic E-state index is 0.362. The van der Waals surface area contributed by atoms with Crippen LogP contribution >= 0.6 is 0 Å². The lowest BCUT2D eigenvalue weighted by Crippen LogP contribution is -2.41. The topological polar surface area (TPSA) is 48.0 Å². The molecule has 21 heavy (non-hydrogen) atoms. The van der Waals surface area contributed by atoms with Crippen molar-refractivity contribution in [2.45, 2.75) is 38.9 Å². The second-order valence-electron chi connectivity index (χ2n) is 6.21. The molecule has 6 heteroatoms. The first kappa shape index (κ1) is 15.9. The number of methoxy groups -OCH3 is 1. The Bertz CT molecular complexity index is 511. The largest absolute Gasteiger partial charge is 0.494 e. The van der Waals surface area contributed by atoms with Gasteiger partial charge in [0.25, 0.3) is 0 Å². The summed E-state index contributed by atoms with van der Waals surface area (Å²) in [6.07, 6.45) is -0.404. The van der Waals surface area contributed by atoms with Gasteiger partial charge in [0, 0.05) is 12.7 Å². The molecule has 2 rings (SSSR count). The maximum Gasteiger partial charge on any atom is 0.494 e. The SMILES string of the molecule is COC(=O)N(C)c1ccc(B2OC(C)(C)C(C)(C)O2)cc1. The van der Waals surface area contributed by atoms with Gasteiger partial charge in [0.15, 0.2) is 0 Å². The predicted molar refractivity (Wildman–Crippen MR) is 83.0 cm³/mol. The van der Waals surface area contributed by atoms with E-state index in [1.807, 2.05) is 52.0 Å². The number of nitrogens with zero attached hydrogens (tertiary/aromatic N) is 1. The number of carbonyl (C=O) groups excluding carboxylic acids is 1. The van der Waals surface area contributed by atoms with Crippen molar-refractivity contribution < 1.29 is 18.8 Å². The Labute approximate surface area is 126 Å². The third kappa shape index (κ3) is 2.92. The number of hydrogen-bond acceptors (Lipinski definition) is 4. The lowest BCUT2D eigenvalue weighted by Gasteiger charge is -2.32. The molecule has 1 saturated heterocycles.